The van der Waals surface area contributed by atoms with Crippen LogP contribution in [0.2, 0.25) is 0 Å². The molecule has 1 aromatic heterocycles. The molecule has 0 spiro atoms. The van der Waals surface area contributed by atoms with Crippen LogP contribution in [0.15, 0.2) is 36.4 Å². The van der Waals surface area contributed by atoms with E-state index >= 15 is 0 Å². The van der Waals surface area contributed by atoms with Gasteiger partial charge in [-0.2, -0.15) is 0 Å². The Labute approximate surface area is 119 Å². The molecule has 1 heterocycles. The van der Waals surface area contributed by atoms with E-state index < -0.39 is 17.7 Å². The highest BCUT2D eigenvalue weighted by Gasteiger charge is 2.14. The van der Waals surface area contributed by atoms with Crippen molar-refractivity contribution < 1.29 is 13.9 Å². The van der Waals surface area contributed by atoms with Crippen LogP contribution in [0.5, 0.6) is 5.75 Å². The molecule has 3 aromatic rings. The van der Waals surface area contributed by atoms with Crippen LogP contribution in [0.3, 0.4) is 0 Å². The highest BCUT2D eigenvalue weighted by atomic mass is 19.2. The van der Waals surface area contributed by atoms with Gasteiger partial charge < -0.3 is 15.8 Å². The van der Waals surface area contributed by atoms with E-state index in [1.165, 1.54) is 0 Å². The Bertz CT molecular complexity index is 744. The summed E-state index contributed by atoms with van der Waals surface area (Å²) in [5.74, 6) is -1.22. The third kappa shape index (κ3) is 2.71. The number of halogens is 2. The van der Waals surface area contributed by atoms with Crippen molar-refractivity contribution in [3.63, 3.8) is 0 Å². The molecule has 0 bridgehead atoms. The van der Waals surface area contributed by atoms with Crippen molar-refractivity contribution in [2.24, 2.45) is 5.73 Å². The number of aromatic nitrogens is 2. The molecular formula is C15H13F2N3O. The number of benzene rings is 2. The van der Waals surface area contributed by atoms with E-state index in [1.807, 2.05) is 0 Å². The number of rotatable bonds is 3. The third-order valence-corrected chi connectivity index (χ3v) is 3.29. The molecule has 108 valence electrons. The molecule has 0 fully saturated rings. The maximum atomic E-state index is 13.2. The number of nitrogens with two attached hydrogens (primary N) is 1. The molecule has 1 atom stereocenters. The number of nitrogens with one attached hydrogen (secondary N) is 1. The molecule has 4 N–H and O–H groups in total. The second-order valence-corrected chi connectivity index (χ2v) is 4.88. The average Bonchev–Trinajstić information content (AvgIpc) is 2.85. The second-order valence-electron chi connectivity index (χ2n) is 4.88. The molecule has 0 aliphatic rings. The largest absolute Gasteiger partial charge is 0.508 e. The van der Waals surface area contributed by atoms with Crippen LogP contribution < -0.4 is 5.73 Å². The Balaban J connectivity index is 1.87. The molecule has 0 aliphatic heterocycles. The van der Waals surface area contributed by atoms with E-state index in [9.17, 15) is 13.9 Å². The van der Waals surface area contributed by atoms with Gasteiger partial charge in [0.2, 0.25) is 0 Å². The molecule has 0 saturated heterocycles. The Hall–Kier alpha value is -2.47. The lowest BCUT2D eigenvalue weighted by Gasteiger charge is -2.08. The van der Waals surface area contributed by atoms with Crippen molar-refractivity contribution >= 4 is 11.0 Å². The summed E-state index contributed by atoms with van der Waals surface area (Å²) >= 11 is 0. The number of fused-ring (bicyclic) bond motifs is 1. The Morgan fingerprint density at radius 1 is 1.14 bits per heavy atom. The first-order valence-electron chi connectivity index (χ1n) is 6.41. The molecule has 0 radical (unpaired) electrons. The molecule has 21 heavy (non-hydrogen) atoms. The number of nitrogens with zero attached hydrogens (tertiary/aromatic N) is 1. The number of phenols is 1. The summed E-state index contributed by atoms with van der Waals surface area (Å²) in [4.78, 5) is 7.09. The van der Waals surface area contributed by atoms with Crippen molar-refractivity contribution in [3.8, 4) is 5.75 Å². The highest BCUT2D eigenvalue weighted by molar-refractivity contribution is 5.75. The molecule has 0 amide bonds. The molecule has 3 rings (SSSR count). The SMILES string of the molecule is NC(Cc1ccc(O)cc1)c1nc2cc(F)c(F)cc2[nH]1. The van der Waals surface area contributed by atoms with Gasteiger partial charge in [-0.1, -0.05) is 12.1 Å². The lowest BCUT2D eigenvalue weighted by Crippen LogP contribution is -2.14. The predicted octanol–water partition coefficient (Wildman–Crippen LogP) is 2.79. The van der Waals surface area contributed by atoms with Crippen molar-refractivity contribution in [1.82, 2.24) is 9.97 Å². The second kappa shape index (κ2) is 5.14. The zero-order valence-electron chi connectivity index (χ0n) is 11.0. The maximum absolute atomic E-state index is 13.2. The van der Waals surface area contributed by atoms with Gasteiger partial charge in [0, 0.05) is 12.1 Å². The van der Waals surface area contributed by atoms with Crippen LogP contribution in [0.25, 0.3) is 11.0 Å². The monoisotopic (exact) mass is 289 g/mol. The number of phenolic OH excluding ortho intramolecular Hbond substituents is 1. The molecule has 6 heteroatoms. The molecule has 0 aliphatic carbocycles. The summed E-state index contributed by atoms with van der Waals surface area (Å²) in [6.07, 6.45) is 0.491. The lowest BCUT2D eigenvalue weighted by atomic mass is 10.1. The van der Waals surface area contributed by atoms with E-state index in [0.29, 0.717) is 23.3 Å². The molecule has 1 unspecified atom stereocenters. The van der Waals surface area contributed by atoms with Crippen molar-refractivity contribution in [2.45, 2.75) is 12.5 Å². The summed E-state index contributed by atoms with van der Waals surface area (Å²) in [6.45, 7) is 0. The topological polar surface area (TPSA) is 74.9 Å². The Morgan fingerprint density at radius 3 is 2.52 bits per heavy atom. The van der Waals surface area contributed by atoms with E-state index in [1.54, 1.807) is 24.3 Å². The van der Waals surface area contributed by atoms with E-state index in [-0.39, 0.29) is 5.75 Å². The third-order valence-electron chi connectivity index (χ3n) is 3.29. The van der Waals surface area contributed by atoms with Gasteiger partial charge in [0.15, 0.2) is 11.6 Å². The summed E-state index contributed by atoms with van der Waals surface area (Å²) in [7, 11) is 0. The fraction of sp³-hybridized carbons (Fsp3) is 0.133. The Morgan fingerprint density at radius 2 is 1.81 bits per heavy atom. The minimum absolute atomic E-state index is 0.182. The van der Waals surface area contributed by atoms with Gasteiger partial charge in [-0.25, -0.2) is 13.8 Å². The first-order chi connectivity index (χ1) is 10.0. The van der Waals surface area contributed by atoms with Gasteiger partial charge in [-0.15, -0.1) is 0 Å². The highest BCUT2D eigenvalue weighted by Crippen LogP contribution is 2.21. The van der Waals surface area contributed by atoms with Gasteiger partial charge in [0.25, 0.3) is 0 Å². The summed E-state index contributed by atoms with van der Waals surface area (Å²) in [5, 5.41) is 9.23. The number of aromatic amines is 1. The predicted molar refractivity (Wildman–Crippen MR) is 74.7 cm³/mol. The quantitative estimate of drug-likeness (QED) is 0.694. The number of hydrogen-bond acceptors (Lipinski definition) is 3. The summed E-state index contributed by atoms with van der Waals surface area (Å²) in [6, 6.07) is 8.34. The van der Waals surface area contributed by atoms with Gasteiger partial charge in [-0.3, -0.25) is 0 Å². The van der Waals surface area contributed by atoms with E-state index in [2.05, 4.69) is 9.97 Å². The molecule has 2 aromatic carbocycles. The fourth-order valence-corrected chi connectivity index (χ4v) is 2.18. The van der Waals surface area contributed by atoms with Crippen LogP contribution in [-0.2, 0) is 6.42 Å². The van der Waals surface area contributed by atoms with Crippen LogP contribution in [0, 0.1) is 11.6 Å². The minimum atomic E-state index is -0.937. The van der Waals surface area contributed by atoms with E-state index in [4.69, 9.17) is 5.73 Å². The van der Waals surface area contributed by atoms with Crippen molar-refractivity contribution in [2.75, 3.05) is 0 Å². The fourth-order valence-electron chi connectivity index (χ4n) is 2.18. The van der Waals surface area contributed by atoms with Crippen LogP contribution >= 0.6 is 0 Å². The van der Waals surface area contributed by atoms with Gasteiger partial charge in [0.05, 0.1) is 17.1 Å². The Kier molecular flexibility index (Phi) is 3.31. The first kappa shape index (κ1) is 13.5. The molecule has 0 saturated carbocycles. The first-order valence-corrected chi connectivity index (χ1v) is 6.41. The van der Waals surface area contributed by atoms with Gasteiger partial charge in [0.1, 0.15) is 11.6 Å². The lowest BCUT2D eigenvalue weighted by molar-refractivity contribution is 0.475. The standard InChI is InChI=1S/C15H13F2N3O/c16-10-6-13-14(7-11(10)17)20-15(19-13)12(18)5-8-1-3-9(21)4-2-8/h1-4,6-7,12,21H,5,18H2,(H,19,20). The van der Waals surface area contributed by atoms with Crippen LogP contribution in [0.1, 0.15) is 17.4 Å². The van der Waals surface area contributed by atoms with Gasteiger partial charge >= 0.3 is 0 Å². The molecule has 4 nitrogen and oxygen atoms in total. The van der Waals surface area contributed by atoms with Gasteiger partial charge in [-0.05, 0) is 24.1 Å². The number of imidazole rings is 1. The van der Waals surface area contributed by atoms with E-state index in [0.717, 1.165) is 17.7 Å². The van der Waals surface area contributed by atoms with Crippen LogP contribution in [-0.4, -0.2) is 15.1 Å². The average molecular weight is 289 g/mol. The van der Waals surface area contributed by atoms with Crippen molar-refractivity contribution in [3.05, 3.63) is 59.4 Å². The minimum Gasteiger partial charge on any atom is -0.508 e. The number of aromatic hydroxyl groups is 1. The van der Waals surface area contributed by atoms with Crippen LogP contribution in [0.4, 0.5) is 8.78 Å². The maximum Gasteiger partial charge on any atom is 0.161 e. The zero-order chi connectivity index (χ0) is 15.0. The smallest absolute Gasteiger partial charge is 0.161 e. The summed E-state index contributed by atoms with van der Waals surface area (Å²) in [5.41, 5.74) is 7.74. The number of hydrogen-bond donors (Lipinski definition) is 3. The number of H-pyrrole nitrogens is 1. The normalized spacial score (nSPS) is 12.7. The zero-order valence-corrected chi connectivity index (χ0v) is 11.0. The molecular weight excluding hydrogens is 276 g/mol. The van der Waals surface area contributed by atoms with Crippen molar-refractivity contribution in [1.29, 1.82) is 0 Å². The summed E-state index contributed by atoms with van der Waals surface area (Å²) < 4.78 is 26.3.